The van der Waals surface area contributed by atoms with Gasteiger partial charge in [-0.05, 0) is 18.6 Å². The molecule has 0 spiro atoms. The van der Waals surface area contributed by atoms with Gasteiger partial charge in [0.05, 0.1) is 13.2 Å². The van der Waals surface area contributed by atoms with Gasteiger partial charge in [-0.15, -0.1) is 10.2 Å². The molecule has 0 atom stereocenters. The Bertz CT molecular complexity index is 326. The van der Waals surface area contributed by atoms with Gasteiger partial charge in [0.1, 0.15) is 0 Å². The third kappa shape index (κ3) is 1.96. The molecule has 1 saturated heterocycles. The fourth-order valence-electron chi connectivity index (χ4n) is 1.40. The third-order valence-electron chi connectivity index (χ3n) is 2.25. The van der Waals surface area contributed by atoms with E-state index in [4.69, 9.17) is 16.3 Å². The molecule has 0 radical (unpaired) electrons. The summed E-state index contributed by atoms with van der Waals surface area (Å²) in [5, 5.41) is 8.41. The molecule has 2 rings (SSSR count). The topological polar surface area (TPSA) is 38.2 Å². The number of halogens is 1. The van der Waals surface area contributed by atoms with Crippen LogP contribution >= 0.6 is 11.6 Å². The van der Waals surface area contributed by atoms with Gasteiger partial charge in [0.25, 0.3) is 0 Å². The van der Waals surface area contributed by atoms with Crippen LogP contribution in [0.1, 0.15) is 5.56 Å². The fraction of sp³-hybridized carbons (Fsp3) is 0.556. The number of rotatable bonds is 1. The minimum absolute atomic E-state index is 0.474. The molecule has 1 aliphatic heterocycles. The fourth-order valence-corrected chi connectivity index (χ4v) is 1.50. The lowest BCUT2D eigenvalue weighted by atomic mass is 10.3. The van der Waals surface area contributed by atoms with E-state index in [1.54, 1.807) is 0 Å². The van der Waals surface area contributed by atoms with Crippen LogP contribution in [0.2, 0.25) is 5.15 Å². The largest absolute Gasteiger partial charge is 0.378 e. The Kier molecular flexibility index (Phi) is 2.84. The number of nitrogens with zero attached hydrogens (tertiary/aromatic N) is 3. The van der Waals surface area contributed by atoms with Crippen molar-refractivity contribution in [2.24, 2.45) is 0 Å². The lowest BCUT2D eigenvalue weighted by Crippen LogP contribution is -2.36. The van der Waals surface area contributed by atoms with Crippen LogP contribution in [0.4, 0.5) is 5.82 Å². The summed E-state index contributed by atoms with van der Waals surface area (Å²) in [5.74, 6) is 0.884. The maximum atomic E-state index is 5.80. The minimum Gasteiger partial charge on any atom is -0.378 e. The molecule has 0 aromatic carbocycles. The lowest BCUT2D eigenvalue weighted by Gasteiger charge is -2.27. The highest BCUT2D eigenvalue weighted by atomic mass is 35.5. The van der Waals surface area contributed by atoms with E-state index in [2.05, 4.69) is 15.1 Å². The normalized spacial score (nSPS) is 17.1. The molecule has 14 heavy (non-hydrogen) atoms. The number of aromatic nitrogens is 2. The van der Waals surface area contributed by atoms with Gasteiger partial charge < -0.3 is 9.64 Å². The molecule has 0 N–H and O–H groups in total. The molecule has 1 fully saturated rings. The number of hydrogen-bond donors (Lipinski definition) is 0. The van der Waals surface area contributed by atoms with E-state index < -0.39 is 0 Å². The Morgan fingerprint density at radius 2 is 2.07 bits per heavy atom. The van der Waals surface area contributed by atoms with Crippen molar-refractivity contribution in [2.45, 2.75) is 6.92 Å². The highest BCUT2D eigenvalue weighted by Gasteiger charge is 2.13. The Hall–Kier alpha value is -0.870. The summed E-state index contributed by atoms with van der Waals surface area (Å²) in [6.45, 7) is 5.18. The van der Waals surface area contributed by atoms with Crippen molar-refractivity contribution in [3.8, 4) is 0 Å². The second kappa shape index (κ2) is 4.11. The Morgan fingerprint density at radius 1 is 1.36 bits per heavy atom. The predicted molar refractivity (Wildman–Crippen MR) is 54.8 cm³/mol. The first-order valence-corrected chi connectivity index (χ1v) is 4.97. The van der Waals surface area contributed by atoms with Crippen LogP contribution in [0, 0.1) is 6.92 Å². The van der Waals surface area contributed by atoms with E-state index in [-0.39, 0.29) is 0 Å². The minimum atomic E-state index is 0.474. The first-order valence-electron chi connectivity index (χ1n) is 4.60. The summed E-state index contributed by atoms with van der Waals surface area (Å²) in [4.78, 5) is 2.15. The molecule has 0 bridgehead atoms. The molecule has 0 aliphatic carbocycles. The van der Waals surface area contributed by atoms with Gasteiger partial charge in [0.2, 0.25) is 0 Å². The molecule has 0 saturated carbocycles. The van der Waals surface area contributed by atoms with Crippen LogP contribution in [-0.2, 0) is 4.74 Å². The Labute approximate surface area is 87.8 Å². The number of aryl methyl sites for hydroxylation is 1. The number of morpholine rings is 1. The second-order valence-electron chi connectivity index (χ2n) is 3.28. The summed E-state index contributed by atoms with van der Waals surface area (Å²) in [7, 11) is 0. The van der Waals surface area contributed by atoms with Crippen molar-refractivity contribution in [1.29, 1.82) is 0 Å². The first-order chi connectivity index (χ1) is 6.77. The average Bonchev–Trinajstić information content (AvgIpc) is 2.23. The van der Waals surface area contributed by atoms with Crippen molar-refractivity contribution in [2.75, 3.05) is 31.2 Å². The third-order valence-corrected chi connectivity index (χ3v) is 2.62. The molecule has 2 heterocycles. The summed E-state index contributed by atoms with van der Waals surface area (Å²) >= 11 is 5.80. The maximum absolute atomic E-state index is 5.80. The van der Waals surface area contributed by atoms with Crippen LogP contribution in [0.5, 0.6) is 0 Å². The van der Waals surface area contributed by atoms with Crippen LogP contribution in [0.25, 0.3) is 0 Å². The number of anilines is 1. The Balaban J connectivity index is 2.18. The quantitative estimate of drug-likeness (QED) is 0.705. The van der Waals surface area contributed by atoms with Gasteiger partial charge in [-0.1, -0.05) is 11.6 Å². The van der Waals surface area contributed by atoms with Crippen molar-refractivity contribution < 1.29 is 4.74 Å². The van der Waals surface area contributed by atoms with Crippen LogP contribution in [0.3, 0.4) is 0 Å². The molecule has 5 heteroatoms. The first kappa shape index (κ1) is 9.68. The van der Waals surface area contributed by atoms with Gasteiger partial charge in [-0.25, -0.2) is 0 Å². The summed E-state index contributed by atoms with van der Waals surface area (Å²) < 4.78 is 5.26. The van der Waals surface area contributed by atoms with Crippen LogP contribution in [0.15, 0.2) is 6.07 Å². The van der Waals surface area contributed by atoms with Crippen molar-refractivity contribution in [3.63, 3.8) is 0 Å². The van der Waals surface area contributed by atoms with E-state index >= 15 is 0 Å². The Morgan fingerprint density at radius 3 is 2.71 bits per heavy atom. The van der Waals surface area contributed by atoms with E-state index in [9.17, 15) is 0 Å². The summed E-state index contributed by atoms with van der Waals surface area (Å²) in [5.41, 5.74) is 0.961. The van der Waals surface area contributed by atoms with Gasteiger partial charge in [-0.3, -0.25) is 0 Å². The van der Waals surface area contributed by atoms with Crippen molar-refractivity contribution in [1.82, 2.24) is 10.2 Å². The molecule has 0 unspecified atom stereocenters. The number of hydrogen-bond acceptors (Lipinski definition) is 4. The van der Waals surface area contributed by atoms with Gasteiger partial charge in [0, 0.05) is 13.1 Å². The predicted octanol–water partition coefficient (Wildman–Crippen LogP) is 1.28. The van der Waals surface area contributed by atoms with Crippen LogP contribution in [-0.4, -0.2) is 36.5 Å². The highest BCUT2D eigenvalue weighted by molar-refractivity contribution is 6.30. The van der Waals surface area contributed by atoms with Crippen molar-refractivity contribution in [3.05, 3.63) is 16.8 Å². The zero-order chi connectivity index (χ0) is 9.97. The zero-order valence-corrected chi connectivity index (χ0v) is 8.79. The summed E-state index contributed by atoms with van der Waals surface area (Å²) in [6.07, 6.45) is 0. The zero-order valence-electron chi connectivity index (χ0n) is 8.03. The average molecular weight is 214 g/mol. The highest BCUT2D eigenvalue weighted by Crippen LogP contribution is 2.17. The molecular weight excluding hydrogens is 202 g/mol. The summed E-state index contributed by atoms with van der Waals surface area (Å²) in [6, 6.07) is 1.96. The molecule has 0 amide bonds. The second-order valence-corrected chi connectivity index (χ2v) is 3.63. The monoisotopic (exact) mass is 213 g/mol. The lowest BCUT2D eigenvalue weighted by molar-refractivity contribution is 0.122. The molecule has 1 aromatic rings. The molecule has 4 nitrogen and oxygen atoms in total. The van der Waals surface area contributed by atoms with Crippen LogP contribution < -0.4 is 4.90 Å². The van der Waals surface area contributed by atoms with Gasteiger partial charge in [-0.2, -0.15) is 0 Å². The molecule has 76 valence electrons. The maximum Gasteiger partial charge on any atom is 0.154 e. The molecular formula is C9H12ClN3O. The standard InChI is InChI=1S/C9H12ClN3O/c1-7-6-8(11-12-9(7)10)13-2-4-14-5-3-13/h6H,2-5H2,1H3. The SMILES string of the molecule is Cc1cc(N2CCOCC2)nnc1Cl. The van der Waals surface area contributed by atoms with E-state index in [0.717, 1.165) is 37.7 Å². The van der Waals surface area contributed by atoms with E-state index in [1.807, 2.05) is 13.0 Å². The van der Waals surface area contributed by atoms with Crippen molar-refractivity contribution >= 4 is 17.4 Å². The van der Waals surface area contributed by atoms with E-state index in [0.29, 0.717) is 5.15 Å². The smallest absolute Gasteiger partial charge is 0.154 e. The van der Waals surface area contributed by atoms with E-state index in [1.165, 1.54) is 0 Å². The number of ether oxygens (including phenoxy) is 1. The molecule has 1 aromatic heterocycles. The van der Waals surface area contributed by atoms with Gasteiger partial charge in [0.15, 0.2) is 11.0 Å². The van der Waals surface area contributed by atoms with Gasteiger partial charge >= 0.3 is 0 Å². The molecule has 1 aliphatic rings.